The molecule has 0 saturated carbocycles. The van der Waals surface area contributed by atoms with Gasteiger partial charge in [-0.2, -0.15) is 0 Å². The van der Waals surface area contributed by atoms with E-state index in [0.29, 0.717) is 19.7 Å². The van der Waals surface area contributed by atoms with Gasteiger partial charge in [-0.15, -0.1) is 34.2 Å². The molecule has 9 nitrogen and oxygen atoms in total. The van der Waals surface area contributed by atoms with Gasteiger partial charge < -0.3 is 20.1 Å². The normalized spacial score (nSPS) is 14.6. The second-order valence-electron chi connectivity index (χ2n) is 7.50. The highest BCUT2D eigenvalue weighted by Crippen LogP contribution is 2.19. The van der Waals surface area contributed by atoms with Gasteiger partial charge in [0.1, 0.15) is 12.4 Å². The Morgan fingerprint density at radius 1 is 1.09 bits per heavy atom. The zero-order valence-electron chi connectivity index (χ0n) is 18.9. The highest BCUT2D eigenvalue weighted by Gasteiger charge is 2.11. The molecule has 33 heavy (non-hydrogen) atoms. The number of guanidine groups is 1. The zero-order valence-corrected chi connectivity index (χ0v) is 21.3. The fraction of sp³-hybridized carbons (Fsp3) is 0.435. The maximum absolute atomic E-state index is 6.09. The number of aliphatic imine (C=N–C) groups is 1. The van der Waals surface area contributed by atoms with Crippen LogP contribution in [0.4, 0.5) is 0 Å². The number of nitrogens with zero attached hydrogens (tertiary/aromatic N) is 5. The van der Waals surface area contributed by atoms with Gasteiger partial charge in [0.05, 0.1) is 26.3 Å². The minimum absolute atomic E-state index is 0. The van der Waals surface area contributed by atoms with Crippen molar-refractivity contribution in [1.82, 2.24) is 30.1 Å². The molecule has 1 aliphatic rings. The van der Waals surface area contributed by atoms with Crippen LogP contribution in [0.3, 0.4) is 0 Å². The van der Waals surface area contributed by atoms with Crippen molar-refractivity contribution < 1.29 is 9.47 Å². The molecule has 2 N–H and O–H groups in total. The van der Waals surface area contributed by atoms with Crippen molar-refractivity contribution in [3.8, 4) is 5.75 Å². The largest absolute Gasteiger partial charge is 0.492 e. The molecule has 2 aromatic heterocycles. The van der Waals surface area contributed by atoms with E-state index >= 15 is 0 Å². The molecule has 0 bridgehead atoms. The van der Waals surface area contributed by atoms with E-state index in [1.54, 1.807) is 0 Å². The van der Waals surface area contributed by atoms with Gasteiger partial charge in [0.15, 0.2) is 17.4 Å². The first-order valence-corrected chi connectivity index (χ1v) is 11.1. The molecule has 1 aromatic carbocycles. The van der Waals surface area contributed by atoms with Crippen molar-refractivity contribution in [2.45, 2.75) is 20.0 Å². The Bertz CT molecular complexity index is 1020. The average Bonchev–Trinajstić information content (AvgIpc) is 3.25. The number of para-hydroxylation sites is 1. The van der Waals surface area contributed by atoms with Crippen molar-refractivity contribution in [3.63, 3.8) is 0 Å². The molecule has 0 aliphatic carbocycles. The summed E-state index contributed by atoms with van der Waals surface area (Å²) in [5.74, 6) is 2.44. The van der Waals surface area contributed by atoms with E-state index in [4.69, 9.17) is 14.5 Å². The zero-order chi connectivity index (χ0) is 22.0. The molecule has 1 aliphatic heterocycles. The number of halogens is 1. The molecule has 10 heteroatoms. The van der Waals surface area contributed by atoms with Crippen LogP contribution in [0.25, 0.3) is 5.65 Å². The molecule has 4 rings (SSSR count). The highest BCUT2D eigenvalue weighted by molar-refractivity contribution is 14.0. The first kappa shape index (κ1) is 25.2. The molecule has 178 valence electrons. The Morgan fingerprint density at radius 2 is 1.91 bits per heavy atom. The molecular formula is C23H32IN7O2. The van der Waals surface area contributed by atoms with Crippen LogP contribution in [0.5, 0.6) is 5.75 Å². The van der Waals surface area contributed by atoms with Crippen molar-refractivity contribution in [2.75, 3.05) is 46.0 Å². The van der Waals surface area contributed by atoms with Gasteiger partial charge in [-0.1, -0.05) is 24.3 Å². The van der Waals surface area contributed by atoms with Crippen molar-refractivity contribution in [3.05, 3.63) is 60.0 Å². The number of pyridine rings is 1. The summed E-state index contributed by atoms with van der Waals surface area (Å²) in [7, 11) is 0. The van der Waals surface area contributed by atoms with E-state index in [2.05, 4.69) is 31.8 Å². The number of aromatic nitrogens is 3. The monoisotopic (exact) mass is 565 g/mol. The van der Waals surface area contributed by atoms with Crippen LogP contribution in [0.1, 0.15) is 18.3 Å². The number of ether oxygens (including phenoxy) is 2. The van der Waals surface area contributed by atoms with E-state index in [-0.39, 0.29) is 24.0 Å². The smallest absolute Gasteiger partial charge is 0.191 e. The number of hydrogen-bond acceptors (Lipinski definition) is 6. The van der Waals surface area contributed by atoms with Crippen molar-refractivity contribution >= 4 is 35.6 Å². The molecule has 3 aromatic rings. The SMILES string of the molecule is CCNC(=NCc1ccccc1OCCN1CCOCC1)NCc1nnc2ccccn12.I. The number of morpholine rings is 1. The van der Waals surface area contributed by atoms with Gasteiger partial charge in [0, 0.05) is 37.9 Å². The predicted octanol–water partition coefficient (Wildman–Crippen LogP) is 2.31. The Kier molecular flexibility index (Phi) is 10.2. The number of benzene rings is 1. The maximum atomic E-state index is 6.09. The number of rotatable bonds is 9. The lowest BCUT2D eigenvalue weighted by atomic mass is 10.2. The topological polar surface area (TPSA) is 88.3 Å². The molecule has 1 fully saturated rings. The molecule has 3 heterocycles. The maximum Gasteiger partial charge on any atom is 0.191 e. The fourth-order valence-electron chi connectivity index (χ4n) is 3.56. The summed E-state index contributed by atoms with van der Waals surface area (Å²) < 4.78 is 13.5. The van der Waals surface area contributed by atoms with Crippen LogP contribution >= 0.6 is 24.0 Å². The average molecular weight is 565 g/mol. The third-order valence-electron chi connectivity index (χ3n) is 5.29. The van der Waals surface area contributed by atoms with Crippen molar-refractivity contribution in [2.24, 2.45) is 4.99 Å². The van der Waals surface area contributed by atoms with Crippen LogP contribution in [-0.2, 0) is 17.8 Å². The molecule has 0 amide bonds. The predicted molar refractivity (Wildman–Crippen MR) is 139 cm³/mol. The standard InChI is InChI=1S/C23H31N7O2.HI/c1-2-24-23(26-18-22-28-27-21-9-5-6-10-30(21)22)25-17-19-7-3-4-8-20(19)32-16-13-29-11-14-31-15-12-29;/h3-10H,2,11-18H2,1H3,(H2,24,25,26);1H. The summed E-state index contributed by atoms with van der Waals surface area (Å²) in [4.78, 5) is 7.12. The minimum Gasteiger partial charge on any atom is -0.492 e. The van der Waals surface area contributed by atoms with Crippen LogP contribution in [-0.4, -0.2) is 71.5 Å². The van der Waals surface area contributed by atoms with Gasteiger partial charge in [0.2, 0.25) is 0 Å². The molecule has 0 spiro atoms. The molecule has 0 atom stereocenters. The van der Waals surface area contributed by atoms with Crippen molar-refractivity contribution in [1.29, 1.82) is 0 Å². The highest BCUT2D eigenvalue weighted by atomic mass is 127. The minimum atomic E-state index is 0. The first-order chi connectivity index (χ1) is 15.8. The van der Waals surface area contributed by atoms with Crippen LogP contribution in [0.15, 0.2) is 53.7 Å². The lowest BCUT2D eigenvalue weighted by Crippen LogP contribution is -2.38. The van der Waals surface area contributed by atoms with E-state index in [1.165, 1.54) is 0 Å². The van der Waals surface area contributed by atoms with E-state index in [1.807, 2.05) is 53.9 Å². The van der Waals surface area contributed by atoms with E-state index < -0.39 is 0 Å². The molecule has 1 saturated heterocycles. The van der Waals surface area contributed by atoms with Gasteiger partial charge >= 0.3 is 0 Å². The second-order valence-corrected chi connectivity index (χ2v) is 7.50. The molecule has 0 radical (unpaired) electrons. The first-order valence-electron chi connectivity index (χ1n) is 11.1. The van der Waals surface area contributed by atoms with Crippen LogP contribution in [0.2, 0.25) is 0 Å². The summed E-state index contributed by atoms with van der Waals surface area (Å²) in [6, 6.07) is 13.9. The van der Waals surface area contributed by atoms with E-state index in [0.717, 1.165) is 68.1 Å². The quantitative estimate of drug-likeness (QED) is 0.234. The van der Waals surface area contributed by atoms with Crippen LogP contribution in [0, 0.1) is 0 Å². The summed E-state index contributed by atoms with van der Waals surface area (Å²) in [6.07, 6.45) is 1.96. The lowest BCUT2D eigenvalue weighted by molar-refractivity contribution is 0.0322. The number of hydrogen-bond donors (Lipinski definition) is 2. The van der Waals surface area contributed by atoms with Crippen LogP contribution < -0.4 is 15.4 Å². The molecular weight excluding hydrogens is 533 g/mol. The van der Waals surface area contributed by atoms with Gasteiger partial charge in [-0.05, 0) is 25.1 Å². The number of fused-ring (bicyclic) bond motifs is 1. The van der Waals surface area contributed by atoms with Gasteiger partial charge in [0.25, 0.3) is 0 Å². The third kappa shape index (κ3) is 7.27. The Labute approximate surface area is 211 Å². The lowest BCUT2D eigenvalue weighted by Gasteiger charge is -2.26. The summed E-state index contributed by atoms with van der Waals surface area (Å²) in [6.45, 7) is 8.94. The van der Waals surface area contributed by atoms with Gasteiger partial charge in [-0.3, -0.25) is 9.30 Å². The number of nitrogens with one attached hydrogen (secondary N) is 2. The van der Waals surface area contributed by atoms with E-state index in [9.17, 15) is 0 Å². The second kappa shape index (κ2) is 13.3. The third-order valence-corrected chi connectivity index (χ3v) is 5.29. The summed E-state index contributed by atoms with van der Waals surface area (Å²) in [5, 5.41) is 15.1. The Morgan fingerprint density at radius 3 is 2.76 bits per heavy atom. The van der Waals surface area contributed by atoms with Gasteiger partial charge in [-0.25, -0.2) is 4.99 Å². The summed E-state index contributed by atoms with van der Waals surface area (Å²) in [5.41, 5.74) is 1.88. The fourth-order valence-corrected chi connectivity index (χ4v) is 3.56. The summed E-state index contributed by atoms with van der Waals surface area (Å²) >= 11 is 0. The Hall–Kier alpha value is -2.44. The Balaban J connectivity index is 0.00000306. The molecule has 0 unspecified atom stereocenters.